The lowest BCUT2D eigenvalue weighted by Crippen LogP contribution is -2.36. The average Bonchev–Trinajstić information content (AvgIpc) is 3.44. The van der Waals surface area contributed by atoms with Crippen LogP contribution in [-0.4, -0.2) is 89.8 Å². The molecule has 0 amide bonds. The van der Waals surface area contributed by atoms with E-state index in [1.165, 1.54) is 35.6 Å². The number of nitrogens with zero attached hydrogens (tertiary/aromatic N) is 9. The molecule has 1 aromatic heterocycles. The Morgan fingerprint density at radius 2 is 1.35 bits per heavy atom. The van der Waals surface area contributed by atoms with E-state index >= 15 is 0 Å². The van der Waals surface area contributed by atoms with Crippen LogP contribution in [0.2, 0.25) is 0 Å². The first kappa shape index (κ1) is 26.6. The van der Waals surface area contributed by atoms with Gasteiger partial charge in [-0.25, -0.2) is 5.43 Å². The van der Waals surface area contributed by atoms with Crippen molar-refractivity contribution in [3.05, 3.63) is 74.1 Å². The Labute approximate surface area is 227 Å². The number of anilines is 3. The number of hydrogen-bond donors (Lipinski definition) is 1. The highest BCUT2D eigenvalue weighted by Crippen LogP contribution is 2.30. The summed E-state index contributed by atoms with van der Waals surface area (Å²) in [6.07, 6.45) is 4.21. The van der Waals surface area contributed by atoms with Gasteiger partial charge < -0.3 is 19.3 Å². The molecule has 16 heteroatoms. The zero-order chi connectivity index (χ0) is 27.9. The zero-order valence-corrected chi connectivity index (χ0v) is 21.3. The van der Waals surface area contributed by atoms with Crippen molar-refractivity contribution in [1.82, 2.24) is 14.9 Å². The molecule has 0 bridgehead atoms. The van der Waals surface area contributed by atoms with Crippen LogP contribution in [0.3, 0.4) is 0 Å². The zero-order valence-electron chi connectivity index (χ0n) is 21.3. The van der Waals surface area contributed by atoms with Crippen molar-refractivity contribution in [2.45, 2.75) is 0 Å². The molecule has 2 aliphatic rings. The normalized spacial score (nSPS) is 16.1. The minimum Gasteiger partial charge on any atom is -0.378 e. The maximum absolute atomic E-state index is 11.7. The van der Waals surface area contributed by atoms with Gasteiger partial charge >= 0.3 is 0 Å². The van der Waals surface area contributed by atoms with Gasteiger partial charge in [-0.2, -0.15) is 14.9 Å². The highest BCUT2D eigenvalue weighted by molar-refractivity contribution is 5.84. The molecule has 0 saturated carbocycles. The second-order valence-corrected chi connectivity index (χ2v) is 8.82. The topological polar surface area (TPSA) is 179 Å². The van der Waals surface area contributed by atoms with Crippen LogP contribution in [-0.2, 0) is 9.47 Å². The van der Waals surface area contributed by atoms with Gasteiger partial charge in [0.15, 0.2) is 0 Å². The number of benzene rings is 2. The summed E-state index contributed by atoms with van der Waals surface area (Å²) in [5.74, 6) is 0.173. The molecule has 2 fully saturated rings. The highest BCUT2D eigenvalue weighted by Gasteiger charge is 2.23. The third kappa shape index (κ3) is 6.19. The van der Waals surface area contributed by atoms with E-state index in [1.54, 1.807) is 24.3 Å². The molecule has 0 unspecified atom stereocenters. The largest absolute Gasteiger partial charge is 0.378 e. The van der Waals surface area contributed by atoms with E-state index < -0.39 is 9.85 Å². The number of hydrogen-bond acceptors (Lipinski definition) is 13. The van der Waals surface area contributed by atoms with Gasteiger partial charge in [0.2, 0.25) is 0 Å². The SMILES string of the molecule is O=[N+]([O-])c1cc(C=NNc2nncn2N=Cc2ccc(N3CCOCC3)c([N+](=O)[O-])c2)ccc1N1CCOCC1. The third-order valence-electron chi connectivity index (χ3n) is 6.34. The number of hydrazone groups is 1. The summed E-state index contributed by atoms with van der Waals surface area (Å²) >= 11 is 0. The van der Waals surface area contributed by atoms with Crippen molar-refractivity contribution in [3.63, 3.8) is 0 Å². The van der Waals surface area contributed by atoms with Crippen LogP contribution in [0.25, 0.3) is 0 Å². The molecule has 2 aromatic carbocycles. The van der Waals surface area contributed by atoms with Crippen LogP contribution in [0.1, 0.15) is 11.1 Å². The molecule has 3 aromatic rings. The van der Waals surface area contributed by atoms with E-state index in [0.29, 0.717) is 75.1 Å². The number of rotatable bonds is 9. The minimum absolute atomic E-state index is 0.0210. The molecular formula is C24H26N10O6. The van der Waals surface area contributed by atoms with Gasteiger partial charge in [-0.3, -0.25) is 20.2 Å². The first-order chi connectivity index (χ1) is 19.5. The summed E-state index contributed by atoms with van der Waals surface area (Å²) in [4.78, 5) is 26.4. The van der Waals surface area contributed by atoms with Crippen LogP contribution < -0.4 is 15.2 Å². The first-order valence-electron chi connectivity index (χ1n) is 12.5. The molecule has 1 N–H and O–H groups in total. The smallest absolute Gasteiger partial charge is 0.293 e. The molecule has 2 saturated heterocycles. The number of ether oxygens (including phenoxy) is 2. The molecule has 5 rings (SSSR count). The van der Waals surface area contributed by atoms with Crippen LogP contribution in [0.15, 0.2) is 52.9 Å². The van der Waals surface area contributed by atoms with Crippen LogP contribution >= 0.6 is 0 Å². The summed E-state index contributed by atoms with van der Waals surface area (Å²) in [6.45, 7) is 4.39. The Hall–Kier alpha value is -4.96. The van der Waals surface area contributed by atoms with E-state index in [4.69, 9.17) is 9.47 Å². The van der Waals surface area contributed by atoms with Gasteiger partial charge in [-0.05, 0) is 12.1 Å². The lowest BCUT2D eigenvalue weighted by Gasteiger charge is -2.28. The van der Waals surface area contributed by atoms with Gasteiger partial charge in [0.25, 0.3) is 17.3 Å². The Morgan fingerprint density at radius 1 is 0.825 bits per heavy atom. The lowest BCUT2D eigenvalue weighted by atomic mass is 10.1. The Bertz CT molecular complexity index is 1430. The number of aromatic nitrogens is 3. The maximum Gasteiger partial charge on any atom is 0.293 e. The van der Waals surface area contributed by atoms with Crippen molar-refractivity contribution in [2.24, 2.45) is 10.2 Å². The fourth-order valence-electron chi connectivity index (χ4n) is 4.36. The van der Waals surface area contributed by atoms with Gasteiger partial charge in [0.05, 0.1) is 48.7 Å². The number of nitro benzene ring substituents is 2. The van der Waals surface area contributed by atoms with Crippen LogP contribution in [0, 0.1) is 20.2 Å². The van der Waals surface area contributed by atoms with Crippen molar-refractivity contribution in [1.29, 1.82) is 0 Å². The van der Waals surface area contributed by atoms with Crippen molar-refractivity contribution < 1.29 is 19.3 Å². The highest BCUT2D eigenvalue weighted by atomic mass is 16.6. The molecule has 208 valence electrons. The van der Waals surface area contributed by atoms with E-state index in [9.17, 15) is 20.2 Å². The lowest BCUT2D eigenvalue weighted by molar-refractivity contribution is -0.384. The van der Waals surface area contributed by atoms with Gasteiger partial charge in [-0.1, -0.05) is 12.1 Å². The van der Waals surface area contributed by atoms with Crippen molar-refractivity contribution in [3.8, 4) is 0 Å². The molecule has 2 aliphatic heterocycles. The molecule has 0 atom stereocenters. The van der Waals surface area contributed by atoms with E-state index in [0.717, 1.165) is 0 Å². The Kier molecular flexibility index (Phi) is 8.17. The maximum atomic E-state index is 11.7. The summed E-state index contributed by atoms with van der Waals surface area (Å²) < 4.78 is 12.0. The summed E-state index contributed by atoms with van der Waals surface area (Å²) in [5.41, 5.74) is 4.76. The van der Waals surface area contributed by atoms with Gasteiger partial charge in [-0.15, -0.1) is 10.2 Å². The van der Waals surface area contributed by atoms with E-state index in [2.05, 4.69) is 25.8 Å². The second kappa shape index (κ2) is 12.3. The summed E-state index contributed by atoms with van der Waals surface area (Å²) in [5, 5.41) is 39.5. The molecule has 0 aliphatic carbocycles. The average molecular weight is 551 g/mol. The molecule has 0 radical (unpaired) electrons. The molecular weight excluding hydrogens is 524 g/mol. The van der Waals surface area contributed by atoms with Crippen molar-refractivity contribution in [2.75, 3.05) is 67.8 Å². The fraction of sp³-hybridized carbons (Fsp3) is 0.333. The first-order valence-corrected chi connectivity index (χ1v) is 12.5. The van der Waals surface area contributed by atoms with Crippen LogP contribution in [0.5, 0.6) is 0 Å². The van der Waals surface area contributed by atoms with Crippen LogP contribution in [0.4, 0.5) is 28.7 Å². The molecule has 0 spiro atoms. The van der Waals surface area contributed by atoms with Crippen molar-refractivity contribution >= 4 is 41.1 Å². The fourth-order valence-corrected chi connectivity index (χ4v) is 4.36. The molecule has 3 heterocycles. The third-order valence-corrected chi connectivity index (χ3v) is 6.34. The van der Waals surface area contributed by atoms with E-state index in [1.807, 2.05) is 9.80 Å². The Balaban J connectivity index is 1.27. The summed E-state index contributed by atoms with van der Waals surface area (Å²) in [6, 6.07) is 9.78. The predicted molar refractivity (Wildman–Crippen MR) is 146 cm³/mol. The number of nitro groups is 2. The van der Waals surface area contributed by atoms with E-state index in [-0.39, 0.29) is 17.3 Å². The predicted octanol–water partition coefficient (Wildman–Crippen LogP) is 2.10. The number of morpholine rings is 2. The summed E-state index contributed by atoms with van der Waals surface area (Å²) in [7, 11) is 0. The molecule has 16 nitrogen and oxygen atoms in total. The molecule has 40 heavy (non-hydrogen) atoms. The quantitative estimate of drug-likeness (QED) is 0.234. The second-order valence-electron chi connectivity index (χ2n) is 8.82. The minimum atomic E-state index is -0.418. The monoisotopic (exact) mass is 550 g/mol. The van der Waals surface area contributed by atoms with Gasteiger partial charge in [0, 0.05) is 49.4 Å². The number of nitrogens with one attached hydrogen (secondary N) is 1. The standard InChI is InChI=1S/C24H26N10O6/c35-33(36)22-13-18(1-3-20(22)30-5-9-39-10-6-30)15-25-28-24-29-26-17-32(24)27-16-19-2-4-21(23(14-19)34(37)38)31-7-11-40-12-8-31/h1-4,13-17H,5-12H2,(H,28,29). The Morgan fingerprint density at radius 3 is 1.88 bits per heavy atom. The van der Waals surface area contributed by atoms with Gasteiger partial charge in [0.1, 0.15) is 17.7 Å².